The molecule has 0 fully saturated rings. The van der Waals surface area contributed by atoms with Gasteiger partial charge in [-0.05, 0) is 127 Å². The largest absolute Gasteiger partial charge is 0.248 e. The maximum atomic E-state index is 5.24. The fraction of sp³-hybridized carbons (Fsp3) is 0.0167. The van der Waals surface area contributed by atoms with Crippen LogP contribution < -0.4 is 0 Å². The smallest absolute Gasteiger partial charge is 0.0712 e. The Hall–Kier alpha value is -7.87. The standard InChI is InChI=1S/C60H45N/c1-43(45-22-9-3-10-23-45)36-59(50-32-19-8-20-33-50)61-44(2)51-34-21-35-52(37-51)60-57(48-28-15-6-16-29-48)41-56(42-58(60)49-30-17-7-18-31-49)55-39-53(46-24-11-4-12-25-46)38-54(40-55)47-26-13-5-14-27-47/h3-42H,2H2,1H3/b43-36+,61-59+. The lowest BCUT2D eigenvalue weighted by atomic mass is 9.83. The van der Waals surface area contributed by atoms with E-state index >= 15 is 0 Å². The Labute approximate surface area is 360 Å². The quantitative estimate of drug-likeness (QED) is 0.116. The predicted molar refractivity (Wildman–Crippen MR) is 261 cm³/mol. The molecule has 0 atom stereocenters. The molecule has 0 heterocycles. The second kappa shape index (κ2) is 18.0. The molecule has 0 saturated heterocycles. The number of nitrogens with zero attached hydrogens (tertiary/aromatic N) is 1. The predicted octanol–water partition coefficient (Wildman–Crippen LogP) is 16.3. The highest BCUT2D eigenvalue weighted by Crippen LogP contribution is 2.45. The molecule has 0 radical (unpaired) electrons. The van der Waals surface area contributed by atoms with Gasteiger partial charge in [0, 0.05) is 11.1 Å². The summed E-state index contributed by atoms with van der Waals surface area (Å²) in [6.45, 7) is 6.71. The Morgan fingerprint density at radius 3 is 1.18 bits per heavy atom. The fourth-order valence-electron chi connectivity index (χ4n) is 8.04. The van der Waals surface area contributed by atoms with Gasteiger partial charge >= 0.3 is 0 Å². The summed E-state index contributed by atoms with van der Waals surface area (Å²) in [5.41, 5.74) is 19.7. The van der Waals surface area contributed by atoms with Crippen LogP contribution in [0.5, 0.6) is 0 Å². The van der Waals surface area contributed by atoms with Crippen molar-refractivity contribution in [2.24, 2.45) is 4.99 Å². The molecular weight excluding hydrogens is 735 g/mol. The maximum Gasteiger partial charge on any atom is 0.0712 e. The van der Waals surface area contributed by atoms with Gasteiger partial charge in [-0.2, -0.15) is 0 Å². The minimum absolute atomic E-state index is 0.697. The molecule has 290 valence electrons. The third-order valence-corrected chi connectivity index (χ3v) is 11.2. The molecule has 0 bridgehead atoms. The van der Waals surface area contributed by atoms with Crippen LogP contribution in [0.2, 0.25) is 0 Å². The van der Waals surface area contributed by atoms with E-state index < -0.39 is 0 Å². The Balaban J connectivity index is 1.23. The summed E-state index contributed by atoms with van der Waals surface area (Å²) in [5, 5.41) is 0. The molecule has 0 aliphatic carbocycles. The van der Waals surface area contributed by atoms with Gasteiger partial charge in [-0.15, -0.1) is 0 Å². The molecule has 9 aromatic carbocycles. The van der Waals surface area contributed by atoms with Crippen molar-refractivity contribution in [3.05, 3.63) is 266 Å². The molecule has 0 aromatic heterocycles. The van der Waals surface area contributed by atoms with Crippen LogP contribution in [0.3, 0.4) is 0 Å². The third kappa shape index (κ3) is 8.78. The topological polar surface area (TPSA) is 12.4 Å². The fourth-order valence-corrected chi connectivity index (χ4v) is 8.04. The van der Waals surface area contributed by atoms with Gasteiger partial charge in [-0.3, -0.25) is 0 Å². The average molecular weight is 780 g/mol. The lowest BCUT2D eigenvalue weighted by Gasteiger charge is -2.20. The highest BCUT2D eigenvalue weighted by atomic mass is 14.8. The summed E-state index contributed by atoms with van der Waals surface area (Å²) in [5.74, 6) is 0. The van der Waals surface area contributed by atoms with E-state index in [2.05, 4.69) is 244 Å². The van der Waals surface area contributed by atoms with E-state index in [1.165, 1.54) is 22.3 Å². The van der Waals surface area contributed by atoms with Gasteiger partial charge in [0.15, 0.2) is 0 Å². The Kier molecular flexibility index (Phi) is 11.4. The summed E-state index contributed by atoms with van der Waals surface area (Å²) in [6, 6.07) is 84.1. The van der Waals surface area contributed by atoms with Crippen LogP contribution in [-0.4, -0.2) is 5.71 Å². The van der Waals surface area contributed by atoms with Gasteiger partial charge < -0.3 is 0 Å². The van der Waals surface area contributed by atoms with E-state index in [4.69, 9.17) is 4.99 Å². The van der Waals surface area contributed by atoms with E-state index in [1.54, 1.807) is 0 Å². The van der Waals surface area contributed by atoms with Crippen LogP contribution in [-0.2, 0) is 0 Å². The highest BCUT2D eigenvalue weighted by Gasteiger charge is 2.19. The zero-order valence-corrected chi connectivity index (χ0v) is 34.2. The Bertz CT molecular complexity index is 2860. The zero-order valence-electron chi connectivity index (χ0n) is 34.2. The lowest BCUT2D eigenvalue weighted by Crippen LogP contribution is -1.99. The molecular formula is C60H45N. The van der Waals surface area contributed by atoms with Gasteiger partial charge in [-0.1, -0.05) is 207 Å². The molecule has 0 amide bonds. The van der Waals surface area contributed by atoms with E-state index in [0.717, 1.165) is 72.5 Å². The number of allylic oxidation sites excluding steroid dienone is 2. The zero-order chi connectivity index (χ0) is 41.4. The normalized spacial score (nSPS) is 11.6. The van der Waals surface area contributed by atoms with Crippen molar-refractivity contribution in [3.63, 3.8) is 0 Å². The molecule has 1 nitrogen and oxygen atoms in total. The molecule has 61 heavy (non-hydrogen) atoms. The molecule has 1 heteroatoms. The van der Waals surface area contributed by atoms with Gasteiger partial charge in [0.05, 0.1) is 11.4 Å². The number of hydrogen-bond acceptors (Lipinski definition) is 1. The van der Waals surface area contributed by atoms with E-state index in [-0.39, 0.29) is 0 Å². The van der Waals surface area contributed by atoms with Crippen LogP contribution in [0.15, 0.2) is 254 Å². The first-order valence-corrected chi connectivity index (χ1v) is 20.8. The molecule has 0 N–H and O–H groups in total. The first-order chi connectivity index (χ1) is 30.1. The number of hydrogen-bond donors (Lipinski definition) is 0. The van der Waals surface area contributed by atoms with Crippen LogP contribution in [0.25, 0.3) is 78.0 Å². The molecule has 0 spiro atoms. The number of aliphatic imine (C=N–C) groups is 1. The average Bonchev–Trinajstić information content (AvgIpc) is 3.35. The van der Waals surface area contributed by atoms with Crippen LogP contribution >= 0.6 is 0 Å². The minimum Gasteiger partial charge on any atom is -0.248 e. The maximum absolute atomic E-state index is 5.24. The van der Waals surface area contributed by atoms with Crippen molar-refractivity contribution in [3.8, 4) is 66.8 Å². The monoisotopic (exact) mass is 779 g/mol. The second-order valence-electron chi connectivity index (χ2n) is 15.3. The van der Waals surface area contributed by atoms with Gasteiger partial charge in [-0.25, -0.2) is 4.99 Å². The van der Waals surface area contributed by atoms with Crippen molar-refractivity contribution < 1.29 is 0 Å². The second-order valence-corrected chi connectivity index (χ2v) is 15.3. The molecule has 9 aromatic rings. The first kappa shape index (κ1) is 38.6. The molecule has 0 unspecified atom stereocenters. The van der Waals surface area contributed by atoms with Crippen molar-refractivity contribution in [1.82, 2.24) is 0 Å². The SMILES string of the molecule is C=C(/N=C(\C=C(/C)c1ccccc1)c1ccccc1)c1cccc(-c2c(-c3ccccc3)cc(-c3cc(-c4ccccc4)cc(-c4ccccc4)c3)cc2-c2ccccc2)c1. The van der Waals surface area contributed by atoms with Crippen LogP contribution in [0.4, 0.5) is 0 Å². The van der Waals surface area contributed by atoms with E-state index in [1.807, 2.05) is 12.1 Å². The van der Waals surface area contributed by atoms with Gasteiger partial charge in [0.25, 0.3) is 0 Å². The Morgan fingerprint density at radius 2 is 0.705 bits per heavy atom. The molecule has 0 saturated carbocycles. The minimum atomic E-state index is 0.697. The molecule has 0 aliphatic rings. The summed E-state index contributed by atoms with van der Waals surface area (Å²) in [6.07, 6.45) is 2.16. The van der Waals surface area contributed by atoms with Crippen molar-refractivity contribution >= 4 is 17.0 Å². The summed E-state index contributed by atoms with van der Waals surface area (Å²) < 4.78 is 0. The third-order valence-electron chi connectivity index (χ3n) is 11.2. The van der Waals surface area contributed by atoms with E-state index in [9.17, 15) is 0 Å². The summed E-state index contributed by atoms with van der Waals surface area (Å²) in [4.78, 5) is 5.24. The summed E-state index contributed by atoms with van der Waals surface area (Å²) in [7, 11) is 0. The first-order valence-electron chi connectivity index (χ1n) is 20.8. The number of rotatable bonds is 11. The van der Waals surface area contributed by atoms with Crippen LogP contribution in [0, 0.1) is 0 Å². The van der Waals surface area contributed by atoms with E-state index in [0.29, 0.717) is 5.70 Å². The van der Waals surface area contributed by atoms with Gasteiger partial charge in [0.2, 0.25) is 0 Å². The van der Waals surface area contributed by atoms with Crippen molar-refractivity contribution in [1.29, 1.82) is 0 Å². The summed E-state index contributed by atoms with van der Waals surface area (Å²) >= 11 is 0. The van der Waals surface area contributed by atoms with Crippen molar-refractivity contribution in [2.75, 3.05) is 0 Å². The van der Waals surface area contributed by atoms with Gasteiger partial charge in [0.1, 0.15) is 0 Å². The highest BCUT2D eigenvalue weighted by molar-refractivity contribution is 6.14. The van der Waals surface area contributed by atoms with Crippen molar-refractivity contribution in [2.45, 2.75) is 6.92 Å². The van der Waals surface area contributed by atoms with Crippen LogP contribution in [0.1, 0.15) is 23.6 Å². The lowest BCUT2D eigenvalue weighted by molar-refractivity contribution is 1.48. The molecule has 9 rings (SSSR count). The molecule has 0 aliphatic heterocycles. The Morgan fingerprint density at radius 1 is 0.344 bits per heavy atom. The number of benzene rings is 9.